The first-order chi connectivity index (χ1) is 9.95. The molecule has 2 aromatic rings. The van der Waals surface area contributed by atoms with Gasteiger partial charge in [0, 0.05) is 0 Å². The van der Waals surface area contributed by atoms with Crippen molar-refractivity contribution in [2.75, 3.05) is 0 Å². The van der Waals surface area contributed by atoms with Crippen molar-refractivity contribution in [3.8, 4) is 0 Å². The van der Waals surface area contributed by atoms with Crippen LogP contribution in [0, 0.1) is 6.92 Å². The predicted molar refractivity (Wildman–Crippen MR) is 81.9 cm³/mol. The van der Waals surface area contributed by atoms with E-state index in [4.69, 9.17) is 27.6 Å². The zero-order chi connectivity index (χ0) is 15.4. The average molecular weight is 328 g/mol. The second kappa shape index (κ2) is 6.98. The monoisotopic (exact) mass is 327 g/mol. The Morgan fingerprint density at radius 3 is 2.62 bits per heavy atom. The molecule has 2 N–H and O–H groups in total. The van der Waals surface area contributed by atoms with Crippen molar-refractivity contribution in [2.24, 2.45) is 0 Å². The Labute approximate surface area is 132 Å². The summed E-state index contributed by atoms with van der Waals surface area (Å²) in [5.74, 6) is 0.570. The van der Waals surface area contributed by atoms with Gasteiger partial charge in [0.1, 0.15) is 17.6 Å². The van der Waals surface area contributed by atoms with Crippen molar-refractivity contribution in [3.63, 3.8) is 0 Å². The van der Waals surface area contributed by atoms with Gasteiger partial charge in [-0.05, 0) is 43.2 Å². The summed E-state index contributed by atoms with van der Waals surface area (Å²) in [7, 11) is 0. The predicted octanol–water partition coefficient (Wildman–Crippen LogP) is 3.68. The van der Waals surface area contributed by atoms with E-state index in [9.17, 15) is 9.90 Å². The number of furan rings is 1. The van der Waals surface area contributed by atoms with Crippen molar-refractivity contribution < 1.29 is 14.3 Å². The molecular weight excluding hydrogens is 313 g/mol. The zero-order valence-corrected chi connectivity index (χ0v) is 12.9. The van der Waals surface area contributed by atoms with Crippen molar-refractivity contribution in [1.82, 2.24) is 5.32 Å². The van der Waals surface area contributed by atoms with Gasteiger partial charge in [-0.15, -0.1) is 0 Å². The second-order valence-electron chi connectivity index (χ2n) is 4.74. The molecule has 1 atom stereocenters. The maximum Gasteiger partial charge on any atom is 0.321 e. The van der Waals surface area contributed by atoms with E-state index in [2.05, 4.69) is 5.32 Å². The quantitative estimate of drug-likeness (QED) is 0.849. The van der Waals surface area contributed by atoms with Crippen LogP contribution in [-0.4, -0.2) is 17.1 Å². The lowest BCUT2D eigenvalue weighted by molar-refractivity contribution is -0.139. The molecule has 0 aliphatic carbocycles. The van der Waals surface area contributed by atoms with Crippen LogP contribution in [0.5, 0.6) is 0 Å². The van der Waals surface area contributed by atoms with Crippen LogP contribution >= 0.6 is 23.2 Å². The first-order valence-corrected chi connectivity index (χ1v) is 7.16. The third-order valence-electron chi connectivity index (χ3n) is 3.04. The maximum absolute atomic E-state index is 11.3. The Bertz CT molecular complexity index is 640. The van der Waals surface area contributed by atoms with Crippen LogP contribution in [0.25, 0.3) is 0 Å². The highest BCUT2D eigenvalue weighted by molar-refractivity contribution is 6.42. The topological polar surface area (TPSA) is 62.5 Å². The highest BCUT2D eigenvalue weighted by atomic mass is 35.5. The number of benzene rings is 1. The Morgan fingerprint density at radius 1 is 1.29 bits per heavy atom. The van der Waals surface area contributed by atoms with Crippen LogP contribution in [0.15, 0.2) is 34.7 Å². The molecule has 0 aliphatic heterocycles. The third kappa shape index (κ3) is 4.49. The molecule has 21 heavy (non-hydrogen) atoms. The smallest absolute Gasteiger partial charge is 0.321 e. The van der Waals surface area contributed by atoms with Crippen molar-refractivity contribution >= 4 is 29.2 Å². The van der Waals surface area contributed by atoms with Crippen LogP contribution < -0.4 is 5.32 Å². The summed E-state index contributed by atoms with van der Waals surface area (Å²) in [5, 5.41) is 13.1. The molecule has 2 rings (SSSR count). The lowest BCUT2D eigenvalue weighted by Crippen LogP contribution is -2.38. The number of aliphatic carboxylic acids is 1. The lowest BCUT2D eigenvalue weighted by Gasteiger charge is -2.14. The maximum atomic E-state index is 11.3. The fourth-order valence-corrected chi connectivity index (χ4v) is 2.27. The van der Waals surface area contributed by atoms with Gasteiger partial charge in [-0.3, -0.25) is 10.1 Å². The number of carboxylic acids is 1. The van der Waals surface area contributed by atoms with Gasteiger partial charge in [-0.1, -0.05) is 29.3 Å². The minimum atomic E-state index is -0.927. The summed E-state index contributed by atoms with van der Waals surface area (Å²) in [4.78, 5) is 11.3. The van der Waals surface area contributed by atoms with Crippen LogP contribution in [-0.2, 0) is 17.8 Å². The Kier molecular flexibility index (Phi) is 5.28. The van der Waals surface area contributed by atoms with E-state index < -0.39 is 12.0 Å². The molecule has 0 spiro atoms. The summed E-state index contributed by atoms with van der Waals surface area (Å²) in [6.07, 6.45) is 0.311. The van der Waals surface area contributed by atoms with Gasteiger partial charge in [-0.25, -0.2) is 0 Å². The van der Waals surface area contributed by atoms with E-state index in [-0.39, 0.29) is 0 Å². The Hall–Kier alpha value is -1.49. The van der Waals surface area contributed by atoms with Crippen LogP contribution in [0.2, 0.25) is 10.0 Å². The standard InChI is InChI=1S/C15H15Cl2NO3/c1-9-2-4-11(21-9)8-18-14(15(19)20)7-10-3-5-12(16)13(17)6-10/h2-6,14,18H,7-8H2,1H3,(H,19,20). The molecule has 0 bridgehead atoms. The minimum absolute atomic E-state index is 0.311. The fraction of sp³-hybridized carbons (Fsp3) is 0.267. The number of hydrogen-bond acceptors (Lipinski definition) is 3. The van der Waals surface area contributed by atoms with E-state index in [1.54, 1.807) is 18.2 Å². The molecule has 0 radical (unpaired) electrons. The molecular formula is C15H15Cl2NO3. The second-order valence-corrected chi connectivity index (χ2v) is 5.55. The number of aryl methyl sites for hydroxylation is 1. The van der Waals surface area contributed by atoms with Gasteiger partial charge in [0.2, 0.25) is 0 Å². The summed E-state index contributed by atoms with van der Waals surface area (Å²) < 4.78 is 5.40. The highest BCUT2D eigenvalue weighted by Gasteiger charge is 2.18. The number of carboxylic acid groups (broad SMARTS) is 1. The molecule has 0 amide bonds. The molecule has 0 aliphatic rings. The normalized spacial score (nSPS) is 12.3. The summed E-state index contributed by atoms with van der Waals surface area (Å²) in [5.41, 5.74) is 0.805. The molecule has 4 nitrogen and oxygen atoms in total. The van der Waals surface area contributed by atoms with Gasteiger partial charge < -0.3 is 9.52 Å². The van der Waals surface area contributed by atoms with E-state index in [1.165, 1.54) is 0 Å². The van der Waals surface area contributed by atoms with Crippen LogP contribution in [0.3, 0.4) is 0 Å². The van der Waals surface area contributed by atoms with E-state index in [1.807, 2.05) is 19.1 Å². The molecule has 1 aromatic carbocycles. The van der Waals surface area contributed by atoms with Gasteiger partial charge in [0.25, 0.3) is 0 Å². The summed E-state index contributed by atoms with van der Waals surface area (Å²) in [6, 6.07) is 8.04. The molecule has 0 saturated carbocycles. The first kappa shape index (κ1) is 15.9. The van der Waals surface area contributed by atoms with Crippen molar-refractivity contribution in [3.05, 3.63) is 57.5 Å². The summed E-state index contributed by atoms with van der Waals surface area (Å²) in [6.45, 7) is 2.19. The minimum Gasteiger partial charge on any atom is -0.480 e. The van der Waals surface area contributed by atoms with Crippen molar-refractivity contribution in [2.45, 2.75) is 25.9 Å². The highest BCUT2D eigenvalue weighted by Crippen LogP contribution is 2.23. The van der Waals surface area contributed by atoms with Gasteiger partial charge >= 0.3 is 5.97 Å². The van der Waals surface area contributed by atoms with Crippen LogP contribution in [0.4, 0.5) is 0 Å². The van der Waals surface area contributed by atoms with Gasteiger partial charge in [0.05, 0.1) is 16.6 Å². The Morgan fingerprint density at radius 2 is 2.05 bits per heavy atom. The van der Waals surface area contributed by atoms with Crippen molar-refractivity contribution in [1.29, 1.82) is 0 Å². The number of hydrogen-bond donors (Lipinski definition) is 2. The van der Waals surface area contributed by atoms with Crippen LogP contribution in [0.1, 0.15) is 17.1 Å². The molecule has 1 heterocycles. The fourth-order valence-electron chi connectivity index (χ4n) is 1.95. The first-order valence-electron chi connectivity index (χ1n) is 6.41. The molecule has 1 unspecified atom stereocenters. The SMILES string of the molecule is Cc1ccc(CNC(Cc2ccc(Cl)c(Cl)c2)C(=O)O)o1. The summed E-state index contributed by atoms with van der Waals surface area (Å²) >= 11 is 11.8. The largest absolute Gasteiger partial charge is 0.480 e. The zero-order valence-electron chi connectivity index (χ0n) is 11.4. The van der Waals surface area contributed by atoms with Gasteiger partial charge in [0.15, 0.2) is 0 Å². The third-order valence-corrected chi connectivity index (χ3v) is 3.78. The number of carbonyl (C=O) groups is 1. The van der Waals surface area contributed by atoms with E-state index >= 15 is 0 Å². The number of rotatable bonds is 6. The average Bonchev–Trinajstić information content (AvgIpc) is 2.84. The molecule has 0 fully saturated rings. The van der Waals surface area contributed by atoms with Gasteiger partial charge in [-0.2, -0.15) is 0 Å². The molecule has 1 aromatic heterocycles. The van der Waals surface area contributed by atoms with E-state index in [0.717, 1.165) is 11.3 Å². The number of halogens is 2. The lowest BCUT2D eigenvalue weighted by atomic mass is 10.1. The molecule has 0 saturated heterocycles. The number of nitrogens with one attached hydrogen (secondary N) is 1. The molecule has 112 valence electrons. The molecule has 6 heteroatoms. The Balaban J connectivity index is 2.01. The van der Waals surface area contributed by atoms with E-state index in [0.29, 0.717) is 28.8 Å².